The highest BCUT2D eigenvalue weighted by atomic mass is 16.1. The Bertz CT molecular complexity index is 590. The fourth-order valence-corrected chi connectivity index (χ4v) is 2.57. The van der Waals surface area contributed by atoms with Crippen LogP contribution in [-0.2, 0) is 19.4 Å². The van der Waals surface area contributed by atoms with E-state index in [9.17, 15) is 4.79 Å². The van der Waals surface area contributed by atoms with Gasteiger partial charge in [0.25, 0.3) is 5.91 Å². The zero-order chi connectivity index (χ0) is 13.9. The fourth-order valence-electron chi connectivity index (χ4n) is 2.57. The molecule has 104 valence electrons. The zero-order valence-electron chi connectivity index (χ0n) is 11.7. The first-order chi connectivity index (χ1) is 9.72. The van der Waals surface area contributed by atoms with Crippen molar-refractivity contribution < 1.29 is 4.79 Å². The number of benzene rings is 1. The molecule has 0 saturated carbocycles. The molecule has 1 amide bonds. The number of hydrogen-bond acceptors (Lipinski definition) is 2. The van der Waals surface area contributed by atoms with Gasteiger partial charge in [0.1, 0.15) is 5.82 Å². The van der Waals surface area contributed by atoms with E-state index in [0.717, 1.165) is 24.2 Å². The Labute approximate surface area is 118 Å². The number of nitrogens with zero attached hydrogens (tertiary/aromatic N) is 1. The molecule has 0 fully saturated rings. The summed E-state index contributed by atoms with van der Waals surface area (Å²) in [6, 6.07) is 7.58. The van der Waals surface area contributed by atoms with Gasteiger partial charge in [0.05, 0.1) is 12.2 Å². The van der Waals surface area contributed by atoms with Gasteiger partial charge in [-0.1, -0.05) is 17.7 Å². The van der Waals surface area contributed by atoms with Crippen molar-refractivity contribution >= 4 is 5.91 Å². The second-order valence-electron chi connectivity index (χ2n) is 5.36. The number of carbonyl (C=O) groups excluding carboxylic acids is 1. The quantitative estimate of drug-likeness (QED) is 0.899. The Kier molecular flexibility index (Phi) is 3.54. The van der Waals surface area contributed by atoms with Crippen molar-refractivity contribution in [3.8, 4) is 0 Å². The second kappa shape index (κ2) is 5.49. The molecule has 0 bridgehead atoms. The van der Waals surface area contributed by atoms with E-state index in [1.807, 2.05) is 31.2 Å². The second-order valence-corrected chi connectivity index (χ2v) is 5.36. The lowest BCUT2D eigenvalue weighted by Crippen LogP contribution is -2.23. The van der Waals surface area contributed by atoms with Crippen LogP contribution < -0.4 is 5.32 Å². The average molecular weight is 269 g/mol. The number of aromatic nitrogens is 2. The molecule has 0 saturated heterocycles. The molecule has 2 aromatic rings. The van der Waals surface area contributed by atoms with E-state index in [1.54, 1.807) is 0 Å². The molecule has 2 N–H and O–H groups in total. The Morgan fingerprint density at radius 1 is 1.25 bits per heavy atom. The first-order valence-electron chi connectivity index (χ1n) is 7.14. The molecule has 0 aliphatic heterocycles. The molecule has 0 unspecified atom stereocenters. The van der Waals surface area contributed by atoms with Gasteiger partial charge in [0.2, 0.25) is 0 Å². The molecule has 1 aliphatic carbocycles. The van der Waals surface area contributed by atoms with Crippen LogP contribution in [-0.4, -0.2) is 15.9 Å². The SMILES string of the molecule is Cc1ccc(C(=O)NCc2nc3c([nH]2)CCCC3)cc1. The van der Waals surface area contributed by atoms with E-state index in [0.29, 0.717) is 12.1 Å². The van der Waals surface area contributed by atoms with E-state index in [4.69, 9.17) is 0 Å². The number of carbonyl (C=O) groups is 1. The van der Waals surface area contributed by atoms with Crippen LogP contribution in [0.15, 0.2) is 24.3 Å². The van der Waals surface area contributed by atoms with Crippen LogP contribution in [0.4, 0.5) is 0 Å². The summed E-state index contributed by atoms with van der Waals surface area (Å²) in [5, 5.41) is 2.91. The minimum absolute atomic E-state index is 0.0561. The van der Waals surface area contributed by atoms with Gasteiger partial charge in [-0.15, -0.1) is 0 Å². The summed E-state index contributed by atoms with van der Waals surface area (Å²) in [5.74, 6) is 0.803. The molecule has 4 heteroatoms. The number of nitrogens with one attached hydrogen (secondary N) is 2. The molecule has 0 atom stereocenters. The third-order valence-corrected chi connectivity index (χ3v) is 3.73. The molecule has 1 aromatic heterocycles. The lowest BCUT2D eigenvalue weighted by atomic mass is 10.0. The fraction of sp³-hybridized carbons (Fsp3) is 0.375. The van der Waals surface area contributed by atoms with Crippen molar-refractivity contribution in [1.29, 1.82) is 0 Å². The number of aromatic amines is 1. The van der Waals surface area contributed by atoms with Crippen LogP contribution in [0, 0.1) is 6.92 Å². The molecule has 1 heterocycles. The lowest BCUT2D eigenvalue weighted by Gasteiger charge is -2.07. The Hall–Kier alpha value is -2.10. The summed E-state index contributed by atoms with van der Waals surface area (Å²) in [6.45, 7) is 2.47. The molecular formula is C16H19N3O. The highest BCUT2D eigenvalue weighted by molar-refractivity contribution is 5.94. The number of fused-ring (bicyclic) bond motifs is 1. The van der Waals surface area contributed by atoms with Gasteiger partial charge in [-0.3, -0.25) is 4.79 Å². The van der Waals surface area contributed by atoms with Crippen molar-refractivity contribution in [2.24, 2.45) is 0 Å². The standard InChI is InChI=1S/C16H19N3O/c1-11-6-8-12(9-7-11)16(20)17-10-15-18-13-4-2-3-5-14(13)19-15/h6-9H,2-5,10H2,1H3,(H,17,20)(H,18,19). The van der Waals surface area contributed by atoms with Gasteiger partial charge in [0, 0.05) is 11.3 Å². The molecular weight excluding hydrogens is 250 g/mol. The molecule has 1 aromatic carbocycles. The van der Waals surface area contributed by atoms with Crippen molar-refractivity contribution in [2.75, 3.05) is 0 Å². The number of rotatable bonds is 3. The molecule has 20 heavy (non-hydrogen) atoms. The molecule has 3 rings (SSSR count). The minimum atomic E-state index is -0.0561. The highest BCUT2D eigenvalue weighted by Gasteiger charge is 2.14. The van der Waals surface area contributed by atoms with Crippen LogP contribution in [0.25, 0.3) is 0 Å². The Morgan fingerprint density at radius 3 is 2.75 bits per heavy atom. The summed E-state index contributed by atoms with van der Waals surface area (Å²) < 4.78 is 0. The maximum Gasteiger partial charge on any atom is 0.251 e. The third-order valence-electron chi connectivity index (χ3n) is 3.73. The predicted molar refractivity (Wildman–Crippen MR) is 77.6 cm³/mol. The third kappa shape index (κ3) is 2.74. The smallest absolute Gasteiger partial charge is 0.251 e. The van der Waals surface area contributed by atoms with Crippen molar-refractivity contribution in [3.63, 3.8) is 0 Å². The van der Waals surface area contributed by atoms with Gasteiger partial charge in [-0.25, -0.2) is 4.98 Å². The predicted octanol–water partition coefficient (Wildman–Crippen LogP) is 2.53. The maximum atomic E-state index is 12.0. The highest BCUT2D eigenvalue weighted by Crippen LogP contribution is 2.18. The summed E-state index contributed by atoms with van der Waals surface area (Å²) >= 11 is 0. The van der Waals surface area contributed by atoms with E-state index < -0.39 is 0 Å². The molecule has 0 radical (unpaired) electrons. The van der Waals surface area contributed by atoms with Crippen molar-refractivity contribution in [2.45, 2.75) is 39.2 Å². The summed E-state index contributed by atoms with van der Waals surface area (Å²) in [4.78, 5) is 19.9. The zero-order valence-corrected chi connectivity index (χ0v) is 11.7. The summed E-state index contributed by atoms with van der Waals surface area (Å²) in [6.07, 6.45) is 4.57. The molecule has 1 aliphatic rings. The summed E-state index contributed by atoms with van der Waals surface area (Å²) in [5.41, 5.74) is 4.26. The van der Waals surface area contributed by atoms with E-state index in [1.165, 1.54) is 24.2 Å². The Morgan fingerprint density at radius 2 is 2.00 bits per heavy atom. The van der Waals surface area contributed by atoms with E-state index in [-0.39, 0.29) is 5.91 Å². The number of amides is 1. The number of imidazole rings is 1. The molecule has 0 spiro atoms. The van der Waals surface area contributed by atoms with Gasteiger partial charge in [0.15, 0.2) is 0 Å². The number of hydrogen-bond donors (Lipinski definition) is 2. The largest absolute Gasteiger partial charge is 0.345 e. The normalized spacial score (nSPS) is 13.8. The van der Waals surface area contributed by atoms with E-state index >= 15 is 0 Å². The minimum Gasteiger partial charge on any atom is -0.345 e. The average Bonchev–Trinajstić information content (AvgIpc) is 2.88. The maximum absolute atomic E-state index is 12.0. The Balaban J connectivity index is 1.63. The van der Waals surface area contributed by atoms with Crippen LogP contribution in [0.2, 0.25) is 0 Å². The van der Waals surface area contributed by atoms with Gasteiger partial charge < -0.3 is 10.3 Å². The topological polar surface area (TPSA) is 57.8 Å². The van der Waals surface area contributed by atoms with Gasteiger partial charge >= 0.3 is 0 Å². The monoisotopic (exact) mass is 269 g/mol. The molecule has 4 nitrogen and oxygen atoms in total. The number of aryl methyl sites for hydroxylation is 3. The van der Waals surface area contributed by atoms with Gasteiger partial charge in [-0.2, -0.15) is 0 Å². The lowest BCUT2D eigenvalue weighted by molar-refractivity contribution is 0.0950. The van der Waals surface area contributed by atoms with Crippen LogP contribution >= 0.6 is 0 Å². The van der Waals surface area contributed by atoms with E-state index in [2.05, 4.69) is 15.3 Å². The summed E-state index contributed by atoms with van der Waals surface area (Å²) in [7, 11) is 0. The van der Waals surface area contributed by atoms with Crippen molar-refractivity contribution in [1.82, 2.24) is 15.3 Å². The van der Waals surface area contributed by atoms with Crippen molar-refractivity contribution in [3.05, 3.63) is 52.6 Å². The van der Waals surface area contributed by atoms with Crippen LogP contribution in [0.1, 0.15) is 46.0 Å². The first-order valence-corrected chi connectivity index (χ1v) is 7.14. The first kappa shape index (κ1) is 12.9. The number of H-pyrrole nitrogens is 1. The van der Waals surface area contributed by atoms with Crippen LogP contribution in [0.3, 0.4) is 0 Å². The van der Waals surface area contributed by atoms with Crippen LogP contribution in [0.5, 0.6) is 0 Å². The van der Waals surface area contributed by atoms with Gasteiger partial charge in [-0.05, 0) is 44.7 Å².